The van der Waals surface area contributed by atoms with Gasteiger partial charge in [-0.05, 0) is 45.6 Å². The minimum Gasteiger partial charge on any atom is -0.480 e. The van der Waals surface area contributed by atoms with E-state index in [4.69, 9.17) is 5.11 Å². The summed E-state index contributed by atoms with van der Waals surface area (Å²) >= 11 is 0. The number of nitrogens with zero attached hydrogens (tertiary/aromatic N) is 2. The van der Waals surface area contributed by atoms with Crippen LogP contribution in [-0.4, -0.2) is 59.5 Å². The highest BCUT2D eigenvalue weighted by Crippen LogP contribution is 2.26. The molecule has 0 aromatic heterocycles. The van der Waals surface area contributed by atoms with E-state index in [-0.39, 0.29) is 12.5 Å². The molecular formula is C14H26N2O3. The first-order chi connectivity index (χ1) is 8.82. The highest BCUT2D eigenvalue weighted by Gasteiger charge is 2.26. The van der Waals surface area contributed by atoms with Crippen LogP contribution >= 0.6 is 0 Å². The van der Waals surface area contributed by atoms with Crippen LogP contribution in [0, 0.1) is 5.92 Å². The van der Waals surface area contributed by atoms with Gasteiger partial charge in [-0.25, -0.2) is 0 Å². The van der Waals surface area contributed by atoms with Crippen LogP contribution in [-0.2, 0) is 9.59 Å². The molecule has 5 heteroatoms. The first kappa shape index (κ1) is 16.0. The molecule has 1 rings (SSSR count). The highest BCUT2D eigenvalue weighted by atomic mass is 16.4. The average Bonchev–Trinajstić information content (AvgIpc) is 2.37. The Balaban J connectivity index is 2.46. The first-order valence-corrected chi connectivity index (χ1v) is 7.01. The van der Waals surface area contributed by atoms with Crippen LogP contribution in [0.25, 0.3) is 0 Å². The first-order valence-electron chi connectivity index (χ1n) is 7.01. The van der Waals surface area contributed by atoms with Crippen molar-refractivity contribution in [2.45, 2.75) is 51.6 Å². The Morgan fingerprint density at radius 2 is 1.74 bits per heavy atom. The van der Waals surface area contributed by atoms with Crippen molar-refractivity contribution in [2.24, 2.45) is 5.92 Å². The van der Waals surface area contributed by atoms with Crippen LogP contribution in [0.4, 0.5) is 0 Å². The van der Waals surface area contributed by atoms with Crippen molar-refractivity contribution >= 4 is 11.9 Å². The molecule has 1 unspecified atom stereocenters. The maximum Gasteiger partial charge on any atom is 0.320 e. The molecule has 0 aliphatic heterocycles. The van der Waals surface area contributed by atoms with Crippen LogP contribution in [0.5, 0.6) is 0 Å². The minimum atomic E-state index is -0.899. The number of hydrogen-bond donors (Lipinski definition) is 1. The van der Waals surface area contributed by atoms with E-state index in [0.29, 0.717) is 6.04 Å². The average molecular weight is 270 g/mol. The molecule has 1 atom stereocenters. The van der Waals surface area contributed by atoms with Crippen LogP contribution in [0.1, 0.15) is 39.5 Å². The number of hydrogen-bond acceptors (Lipinski definition) is 3. The van der Waals surface area contributed by atoms with Gasteiger partial charge in [-0.3, -0.25) is 14.5 Å². The second-order valence-electron chi connectivity index (χ2n) is 5.85. The van der Waals surface area contributed by atoms with Gasteiger partial charge in [0.2, 0.25) is 5.91 Å². The van der Waals surface area contributed by atoms with E-state index >= 15 is 0 Å². The zero-order valence-corrected chi connectivity index (χ0v) is 12.4. The third-order valence-corrected chi connectivity index (χ3v) is 4.33. The SMILES string of the molecule is CC1CCC(N(C)C(=O)CN(C)C(C)C(=O)O)CC1. The standard InChI is InChI=1S/C14H26N2O3/c1-10-5-7-12(8-6-10)16(4)13(17)9-15(3)11(2)14(18)19/h10-12H,5-9H2,1-4H3,(H,18,19). The van der Waals surface area contributed by atoms with Gasteiger partial charge in [-0.1, -0.05) is 6.92 Å². The van der Waals surface area contributed by atoms with Crippen LogP contribution in [0.2, 0.25) is 0 Å². The summed E-state index contributed by atoms with van der Waals surface area (Å²) in [5.74, 6) is -0.131. The van der Waals surface area contributed by atoms with Crippen molar-refractivity contribution in [1.29, 1.82) is 0 Å². The fourth-order valence-electron chi connectivity index (χ4n) is 2.48. The lowest BCUT2D eigenvalue weighted by molar-refractivity contribution is -0.143. The maximum atomic E-state index is 12.2. The second-order valence-corrected chi connectivity index (χ2v) is 5.85. The molecule has 110 valence electrons. The van der Waals surface area contributed by atoms with E-state index in [1.54, 1.807) is 23.8 Å². The van der Waals surface area contributed by atoms with Crippen molar-refractivity contribution < 1.29 is 14.7 Å². The van der Waals surface area contributed by atoms with Gasteiger partial charge in [0, 0.05) is 13.1 Å². The largest absolute Gasteiger partial charge is 0.480 e. The fourth-order valence-corrected chi connectivity index (χ4v) is 2.48. The molecule has 0 aromatic carbocycles. The van der Waals surface area contributed by atoms with Gasteiger partial charge in [0.1, 0.15) is 6.04 Å². The molecule has 0 spiro atoms. The lowest BCUT2D eigenvalue weighted by Gasteiger charge is -2.34. The van der Waals surface area contributed by atoms with Gasteiger partial charge in [0.05, 0.1) is 6.54 Å². The predicted octanol–water partition coefficient (Wildman–Crippen LogP) is 1.43. The van der Waals surface area contributed by atoms with Gasteiger partial charge >= 0.3 is 5.97 Å². The van der Waals surface area contributed by atoms with Crippen molar-refractivity contribution in [1.82, 2.24) is 9.80 Å². The van der Waals surface area contributed by atoms with Crippen LogP contribution in [0.3, 0.4) is 0 Å². The molecule has 0 saturated heterocycles. The van der Waals surface area contributed by atoms with E-state index in [1.807, 2.05) is 7.05 Å². The number of rotatable bonds is 5. The lowest BCUT2D eigenvalue weighted by Crippen LogP contribution is -2.47. The number of carboxylic acid groups (broad SMARTS) is 1. The van der Waals surface area contributed by atoms with Crippen molar-refractivity contribution in [3.05, 3.63) is 0 Å². The Morgan fingerprint density at radius 3 is 2.21 bits per heavy atom. The van der Waals surface area contributed by atoms with Crippen LogP contribution in [0.15, 0.2) is 0 Å². The van der Waals surface area contributed by atoms with E-state index in [1.165, 1.54) is 12.8 Å². The van der Waals surface area contributed by atoms with Gasteiger partial charge in [-0.2, -0.15) is 0 Å². The van der Waals surface area contributed by atoms with E-state index in [9.17, 15) is 9.59 Å². The molecule has 1 N–H and O–H groups in total. The highest BCUT2D eigenvalue weighted by molar-refractivity contribution is 5.80. The number of aliphatic carboxylic acids is 1. The summed E-state index contributed by atoms with van der Waals surface area (Å²) in [6, 6.07) is -0.319. The molecule has 0 heterocycles. The number of amides is 1. The topological polar surface area (TPSA) is 60.9 Å². The van der Waals surface area contributed by atoms with E-state index in [0.717, 1.165) is 18.8 Å². The molecule has 1 fully saturated rings. The van der Waals surface area contributed by atoms with E-state index in [2.05, 4.69) is 6.92 Å². The second kappa shape index (κ2) is 6.89. The smallest absolute Gasteiger partial charge is 0.320 e. The molecule has 1 aliphatic carbocycles. The molecule has 19 heavy (non-hydrogen) atoms. The van der Waals surface area contributed by atoms with Crippen molar-refractivity contribution in [2.75, 3.05) is 20.6 Å². The number of carbonyl (C=O) groups excluding carboxylic acids is 1. The quantitative estimate of drug-likeness (QED) is 0.821. The van der Waals surface area contributed by atoms with Crippen molar-refractivity contribution in [3.8, 4) is 0 Å². The Bertz CT molecular complexity index is 325. The summed E-state index contributed by atoms with van der Waals surface area (Å²) < 4.78 is 0. The Kier molecular flexibility index (Phi) is 5.79. The summed E-state index contributed by atoms with van der Waals surface area (Å²) in [5, 5.41) is 8.92. The molecule has 0 aromatic rings. The maximum absolute atomic E-state index is 12.2. The minimum absolute atomic E-state index is 0.00940. The number of carboxylic acids is 1. The summed E-state index contributed by atoms with van der Waals surface area (Å²) in [6.07, 6.45) is 4.45. The molecule has 1 saturated carbocycles. The lowest BCUT2D eigenvalue weighted by atomic mass is 9.87. The van der Waals surface area contributed by atoms with Gasteiger partial charge in [0.15, 0.2) is 0 Å². The van der Waals surface area contributed by atoms with Crippen LogP contribution < -0.4 is 0 Å². The molecule has 0 bridgehead atoms. The summed E-state index contributed by atoms with van der Waals surface area (Å²) in [6.45, 7) is 4.01. The summed E-state index contributed by atoms with van der Waals surface area (Å²) in [7, 11) is 3.51. The third kappa shape index (κ3) is 4.49. The summed E-state index contributed by atoms with van der Waals surface area (Å²) in [4.78, 5) is 26.4. The molecule has 0 radical (unpaired) electrons. The van der Waals surface area contributed by atoms with Crippen molar-refractivity contribution in [3.63, 3.8) is 0 Å². The Labute approximate surface area is 115 Å². The number of carbonyl (C=O) groups is 2. The number of likely N-dealkylation sites (N-methyl/N-ethyl adjacent to an activating group) is 2. The Hall–Kier alpha value is -1.10. The monoisotopic (exact) mass is 270 g/mol. The Morgan fingerprint density at radius 1 is 1.21 bits per heavy atom. The molecule has 5 nitrogen and oxygen atoms in total. The molecule has 1 amide bonds. The normalized spacial score (nSPS) is 25.1. The molecule has 1 aliphatic rings. The van der Waals surface area contributed by atoms with E-state index < -0.39 is 12.0 Å². The van der Waals surface area contributed by atoms with Gasteiger partial charge in [0.25, 0.3) is 0 Å². The summed E-state index contributed by atoms with van der Waals surface area (Å²) in [5.41, 5.74) is 0. The third-order valence-electron chi connectivity index (χ3n) is 4.33. The molecular weight excluding hydrogens is 244 g/mol. The predicted molar refractivity (Wildman–Crippen MR) is 73.9 cm³/mol. The fraction of sp³-hybridized carbons (Fsp3) is 0.857. The zero-order chi connectivity index (χ0) is 14.6. The van der Waals surface area contributed by atoms with Gasteiger partial charge < -0.3 is 10.0 Å². The van der Waals surface area contributed by atoms with Gasteiger partial charge in [-0.15, -0.1) is 0 Å². The zero-order valence-electron chi connectivity index (χ0n) is 12.4.